The van der Waals surface area contributed by atoms with Gasteiger partial charge in [-0.15, -0.1) is 0 Å². The summed E-state index contributed by atoms with van der Waals surface area (Å²) in [6, 6.07) is 20.4. The van der Waals surface area contributed by atoms with Crippen LogP contribution in [0.25, 0.3) is 10.3 Å². The number of aliphatic hydroxyl groups excluding tert-OH is 1. The van der Waals surface area contributed by atoms with Crippen molar-refractivity contribution in [3.63, 3.8) is 0 Å². The summed E-state index contributed by atoms with van der Waals surface area (Å²) in [7, 11) is 0. The molecule has 6 nitrogen and oxygen atoms in total. The van der Waals surface area contributed by atoms with E-state index in [1.807, 2.05) is 12.1 Å². The first-order chi connectivity index (χ1) is 17.8. The van der Waals surface area contributed by atoms with Gasteiger partial charge in [-0.25, -0.2) is 15.0 Å². The van der Waals surface area contributed by atoms with Crippen LogP contribution in [-0.4, -0.2) is 25.8 Å². The van der Waals surface area contributed by atoms with Crippen LogP contribution in [-0.2, 0) is 12.6 Å². The topological polar surface area (TPSA) is 88.0 Å². The lowest BCUT2D eigenvalue weighted by Crippen LogP contribution is -2.14. The molecule has 1 unspecified atom stereocenters. The van der Waals surface area contributed by atoms with Crippen LogP contribution in [0, 0.1) is 0 Å². The number of fused-ring (bicyclic) bond motifs is 1. The van der Waals surface area contributed by atoms with Crippen molar-refractivity contribution in [3.05, 3.63) is 112 Å². The van der Waals surface area contributed by atoms with E-state index in [1.54, 1.807) is 42.5 Å². The molecule has 0 saturated heterocycles. The van der Waals surface area contributed by atoms with Crippen LogP contribution in [0.1, 0.15) is 38.2 Å². The maximum Gasteiger partial charge on any atom is 0.416 e. The lowest BCUT2D eigenvalue weighted by molar-refractivity contribution is -0.137. The second kappa shape index (κ2) is 10.1. The summed E-state index contributed by atoms with van der Waals surface area (Å²) in [4.78, 5) is 26.6. The third-order valence-electron chi connectivity index (χ3n) is 5.71. The van der Waals surface area contributed by atoms with Gasteiger partial charge in [0.2, 0.25) is 0 Å². The molecule has 37 heavy (non-hydrogen) atoms. The van der Waals surface area contributed by atoms with E-state index in [0.717, 1.165) is 17.7 Å². The van der Waals surface area contributed by atoms with Gasteiger partial charge in [0.05, 0.1) is 10.6 Å². The van der Waals surface area contributed by atoms with Crippen LogP contribution in [0.3, 0.4) is 0 Å². The van der Waals surface area contributed by atoms with Gasteiger partial charge in [-0.3, -0.25) is 4.79 Å². The highest BCUT2D eigenvalue weighted by atomic mass is 32.1. The van der Waals surface area contributed by atoms with Crippen LogP contribution in [0.2, 0.25) is 0 Å². The first-order valence-corrected chi connectivity index (χ1v) is 12.0. The van der Waals surface area contributed by atoms with Gasteiger partial charge in [0.25, 0.3) is 0 Å². The van der Waals surface area contributed by atoms with Gasteiger partial charge in [0, 0.05) is 17.7 Å². The predicted molar refractivity (Wildman–Crippen MR) is 135 cm³/mol. The summed E-state index contributed by atoms with van der Waals surface area (Å²) in [6.45, 7) is 0. The molecule has 2 N–H and O–H groups in total. The Balaban J connectivity index is 1.40. The van der Waals surface area contributed by atoms with E-state index >= 15 is 0 Å². The molecular weight excluding hydrogens is 501 g/mol. The van der Waals surface area contributed by atoms with Crippen LogP contribution >= 0.6 is 11.3 Å². The highest BCUT2D eigenvalue weighted by molar-refractivity contribution is 7.18. The van der Waals surface area contributed by atoms with E-state index in [9.17, 15) is 23.1 Å². The Labute approximate surface area is 213 Å². The molecule has 2 aromatic heterocycles. The smallest absolute Gasteiger partial charge is 0.380 e. The van der Waals surface area contributed by atoms with Crippen molar-refractivity contribution < 1.29 is 23.1 Å². The molecule has 0 aliphatic carbocycles. The molecule has 10 heteroatoms. The maximum atomic E-state index is 12.9. The van der Waals surface area contributed by atoms with Crippen molar-refractivity contribution in [3.8, 4) is 0 Å². The molecule has 1 atom stereocenters. The molecular formula is C27H19F3N4O2S. The minimum Gasteiger partial charge on any atom is -0.380 e. The number of carbonyl (C=O) groups is 1. The Morgan fingerprint density at radius 1 is 0.946 bits per heavy atom. The third kappa shape index (κ3) is 5.35. The predicted octanol–water partition coefficient (Wildman–Crippen LogP) is 6.36. The van der Waals surface area contributed by atoms with Crippen molar-refractivity contribution in [1.82, 2.24) is 15.0 Å². The van der Waals surface area contributed by atoms with E-state index in [0.29, 0.717) is 44.4 Å². The number of anilines is 2. The number of hydrogen-bond donors (Lipinski definition) is 2. The maximum absolute atomic E-state index is 12.9. The Morgan fingerprint density at radius 3 is 2.38 bits per heavy atom. The van der Waals surface area contributed by atoms with Gasteiger partial charge >= 0.3 is 6.18 Å². The molecule has 0 radical (unpaired) electrons. The quantitative estimate of drug-likeness (QED) is 0.243. The number of hydrogen-bond acceptors (Lipinski definition) is 7. The lowest BCUT2D eigenvalue weighted by atomic mass is 9.95. The largest absolute Gasteiger partial charge is 0.416 e. The molecule has 0 aliphatic heterocycles. The van der Waals surface area contributed by atoms with Crippen molar-refractivity contribution in [2.24, 2.45) is 0 Å². The second-order valence-corrected chi connectivity index (χ2v) is 9.25. The average molecular weight is 521 g/mol. The number of aliphatic hydroxyl groups is 1. The number of nitrogens with zero attached hydrogens (tertiary/aromatic N) is 3. The summed E-state index contributed by atoms with van der Waals surface area (Å²) in [5.74, 6) is -0.0360. The number of nitrogens with one attached hydrogen (secondary N) is 1. The molecule has 0 saturated carbocycles. The SMILES string of the molecule is O=C(c1ccccc1)C(O)c1ccccc1Cc1nc2c(Nc3ccc(C(F)(F)F)cc3)ncnc2s1. The van der Waals surface area contributed by atoms with Crippen molar-refractivity contribution in [2.75, 3.05) is 5.32 Å². The Morgan fingerprint density at radius 2 is 1.65 bits per heavy atom. The Kier molecular flexibility index (Phi) is 6.68. The number of Topliss-reactive ketones (excluding diaryl/α,β-unsaturated/α-hetero) is 1. The first-order valence-electron chi connectivity index (χ1n) is 11.2. The standard InChI is InChI=1S/C27H19F3N4O2S/c28-27(29,30)18-10-12-19(13-11-18)33-25-22-26(32-15-31-25)37-21(34-22)14-17-8-4-5-9-20(17)24(36)23(35)16-6-2-1-3-7-16/h1-13,15,24,36H,14H2,(H,31,32,33). The molecule has 0 bridgehead atoms. The normalized spacial score (nSPS) is 12.4. The Bertz CT molecular complexity index is 1550. The zero-order valence-corrected chi connectivity index (χ0v) is 19.9. The van der Waals surface area contributed by atoms with Gasteiger partial charge in [0.1, 0.15) is 22.8 Å². The average Bonchev–Trinajstić information content (AvgIpc) is 3.32. The zero-order chi connectivity index (χ0) is 26.0. The van der Waals surface area contributed by atoms with Gasteiger partial charge in [-0.1, -0.05) is 65.9 Å². The van der Waals surface area contributed by atoms with Crippen LogP contribution in [0.15, 0.2) is 85.2 Å². The van der Waals surface area contributed by atoms with Crippen LogP contribution in [0.5, 0.6) is 0 Å². The van der Waals surface area contributed by atoms with Gasteiger partial charge in [0.15, 0.2) is 11.6 Å². The van der Waals surface area contributed by atoms with Crippen molar-refractivity contribution in [1.29, 1.82) is 0 Å². The minimum atomic E-state index is -4.42. The molecule has 0 spiro atoms. The van der Waals surface area contributed by atoms with E-state index in [1.165, 1.54) is 29.8 Å². The fourth-order valence-corrected chi connectivity index (χ4v) is 4.80. The number of alkyl halides is 3. The summed E-state index contributed by atoms with van der Waals surface area (Å²) in [6.07, 6.45) is -4.05. The lowest BCUT2D eigenvalue weighted by Gasteiger charge is -2.14. The first kappa shape index (κ1) is 24.5. The fourth-order valence-electron chi connectivity index (χ4n) is 3.87. The number of benzene rings is 3. The third-order valence-corrected chi connectivity index (χ3v) is 6.68. The summed E-state index contributed by atoms with van der Waals surface area (Å²) in [5.41, 5.74) is 1.80. The van der Waals surface area contributed by atoms with E-state index in [2.05, 4.69) is 20.3 Å². The van der Waals surface area contributed by atoms with Crippen molar-refractivity contribution >= 4 is 39.0 Å². The highest BCUT2D eigenvalue weighted by Crippen LogP contribution is 2.32. The van der Waals surface area contributed by atoms with Crippen molar-refractivity contribution in [2.45, 2.75) is 18.7 Å². The minimum absolute atomic E-state index is 0.343. The number of carbonyl (C=O) groups excluding carboxylic acids is 1. The number of rotatable bonds is 7. The van der Waals surface area contributed by atoms with E-state index in [-0.39, 0.29) is 0 Å². The molecule has 186 valence electrons. The molecule has 0 amide bonds. The summed E-state index contributed by atoms with van der Waals surface area (Å²) < 4.78 is 38.6. The number of ketones is 1. The summed E-state index contributed by atoms with van der Waals surface area (Å²) in [5, 5.41) is 14.5. The highest BCUT2D eigenvalue weighted by Gasteiger charge is 2.30. The molecule has 5 rings (SSSR count). The second-order valence-electron chi connectivity index (χ2n) is 8.19. The molecule has 0 fully saturated rings. The van der Waals surface area contributed by atoms with E-state index in [4.69, 9.17) is 0 Å². The van der Waals surface area contributed by atoms with Gasteiger partial charge in [-0.05, 0) is 35.4 Å². The number of thiazole rings is 1. The zero-order valence-electron chi connectivity index (χ0n) is 19.1. The Hall–Kier alpha value is -4.15. The molecule has 0 aliphatic rings. The van der Waals surface area contributed by atoms with Crippen LogP contribution < -0.4 is 5.32 Å². The molecule has 2 heterocycles. The van der Waals surface area contributed by atoms with Crippen LogP contribution in [0.4, 0.5) is 24.7 Å². The molecule has 5 aromatic rings. The fraction of sp³-hybridized carbons (Fsp3) is 0.111. The van der Waals surface area contributed by atoms with E-state index < -0.39 is 23.6 Å². The van der Waals surface area contributed by atoms with Gasteiger partial charge < -0.3 is 10.4 Å². The monoisotopic (exact) mass is 520 g/mol. The molecule has 3 aromatic carbocycles. The summed E-state index contributed by atoms with van der Waals surface area (Å²) >= 11 is 1.33. The van der Waals surface area contributed by atoms with Gasteiger partial charge in [-0.2, -0.15) is 13.2 Å². The number of halogens is 3. The number of aromatic nitrogens is 3.